The minimum Gasteiger partial charge on any atom is -0.496 e. The van der Waals surface area contributed by atoms with Crippen molar-refractivity contribution in [1.82, 2.24) is 0 Å². The third kappa shape index (κ3) is 2.50. The van der Waals surface area contributed by atoms with Gasteiger partial charge in [0.1, 0.15) is 5.75 Å². The maximum absolute atomic E-state index is 5.38. The number of hydrogen-bond acceptors (Lipinski definition) is 4. The Hall–Kier alpha value is -2.36. The lowest BCUT2D eigenvalue weighted by Crippen LogP contribution is -2.02. The molecule has 0 fully saturated rings. The molecule has 2 aromatic rings. The van der Waals surface area contributed by atoms with Crippen molar-refractivity contribution < 1.29 is 14.2 Å². The van der Waals surface area contributed by atoms with Gasteiger partial charge < -0.3 is 19.5 Å². The van der Waals surface area contributed by atoms with Crippen LogP contribution in [0.1, 0.15) is 11.1 Å². The molecule has 0 unspecified atom stereocenters. The van der Waals surface area contributed by atoms with Crippen molar-refractivity contribution in [3.63, 3.8) is 0 Å². The highest BCUT2D eigenvalue weighted by molar-refractivity contribution is 5.56. The summed E-state index contributed by atoms with van der Waals surface area (Å²) in [6.07, 6.45) is 0. The first-order valence-corrected chi connectivity index (χ1v) is 6.53. The van der Waals surface area contributed by atoms with Crippen LogP contribution in [-0.4, -0.2) is 13.9 Å². The lowest BCUT2D eigenvalue weighted by Gasteiger charge is -2.12. The Morgan fingerprint density at radius 2 is 1.95 bits per heavy atom. The van der Waals surface area contributed by atoms with E-state index in [4.69, 9.17) is 14.2 Å². The lowest BCUT2D eigenvalue weighted by molar-refractivity contribution is 0.174. The van der Waals surface area contributed by atoms with Gasteiger partial charge in [0.15, 0.2) is 11.5 Å². The number of methoxy groups -OCH3 is 1. The van der Waals surface area contributed by atoms with Gasteiger partial charge in [0.25, 0.3) is 0 Å². The summed E-state index contributed by atoms with van der Waals surface area (Å²) in [4.78, 5) is 0. The van der Waals surface area contributed by atoms with Gasteiger partial charge in [0.2, 0.25) is 6.79 Å². The van der Waals surface area contributed by atoms with Gasteiger partial charge in [-0.1, -0.05) is 17.7 Å². The van der Waals surface area contributed by atoms with Crippen LogP contribution in [0.25, 0.3) is 0 Å². The first-order valence-electron chi connectivity index (χ1n) is 6.53. The fourth-order valence-electron chi connectivity index (χ4n) is 2.25. The van der Waals surface area contributed by atoms with E-state index in [1.807, 2.05) is 30.3 Å². The molecule has 2 aromatic carbocycles. The number of fused-ring (bicyclic) bond motifs is 1. The van der Waals surface area contributed by atoms with Crippen LogP contribution in [0.15, 0.2) is 36.4 Å². The van der Waals surface area contributed by atoms with Crippen molar-refractivity contribution in [3.8, 4) is 17.2 Å². The molecule has 0 aliphatic carbocycles. The molecule has 4 heteroatoms. The van der Waals surface area contributed by atoms with Crippen molar-refractivity contribution in [1.29, 1.82) is 0 Å². The van der Waals surface area contributed by atoms with Crippen LogP contribution in [0.2, 0.25) is 0 Å². The van der Waals surface area contributed by atoms with E-state index < -0.39 is 0 Å². The van der Waals surface area contributed by atoms with Gasteiger partial charge in [-0.3, -0.25) is 0 Å². The molecule has 0 saturated carbocycles. The van der Waals surface area contributed by atoms with Crippen molar-refractivity contribution >= 4 is 5.69 Å². The first-order chi connectivity index (χ1) is 9.76. The summed E-state index contributed by atoms with van der Waals surface area (Å²) in [7, 11) is 1.69. The van der Waals surface area contributed by atoms with E-state index in [2.05, 4.69) is 18.3 Å². The molecule has 1 aliphatic rings. The van der Waals surface area contributed by atoms with E-state index in [9.17, 15) is 0 Å². The Morgan fingerprint density at radius 1 is 1.10 bits per heavy atom. The summed E-state index contributed by atoms with van der Waals surface area (Å²) in [5.74, 6) is 2.47. The summed E-state index contributed by atoms with van der Waals surface area (Å²) in [6.45, 7) is 3.07. The van der Waals surface area contributed by atoms with E-state index in [0.717, 1.165) is 28.5 Å². The zero-order chi connectivity index (χ0) is 13.9. The Labute approximate surface area is 118 Å². The van der Waals surface area contributed by atoms with Crippen LogP contribution >= 0.6 is 0 Å². The van der Waals surface area contributed by atoms with Gasteiger partial charge in [0, 0.05) is 23.9 Å². The maximum Gasteiger partial charge on any atom is 0.231 e. The highest BCUT2D eigenvalue weighted by Gasteiger charge is 2.13. The standard InChI is InChI=1S/C16H17NO3/c1-11-3-5-14(18-2)12(7-11)9-17-13-4-6-15-16(8-13)20-10-19-15/h3-8,17H,9-10H2,1-2H3. The monoisotopic (exact) mass is 271 g/mol. The third-order valence-corrected chi connectivity index (χ3v) is 3.29. The largest absolute Gasteiger partial charge is 0.496 e. The quantitative estimate of drug-likeness (QED) is 0.925. The summed E-state index contributed by atoms with van der Waals surface area (Å²) >= 11 is 0. The molecule has 4 nitrogen and oxygen atoms in total. The van der Waals surface area contributed by atoms with Crippen LogP contribution in [0.4, 0.5) is 5.69 Å². The zero-order valence-corrected chi connectivity index (χ0v) is 11.6. The molecule has 1 heterocycles. The highest BCUT2D eigenvalue weighted by Crippen LogP contribution is 2.34. The molecule has 0 saturated heterocycles. The molecule has 1 aliphatic heterocycles. The van der Waals surface area contributed by atoms with E-state index in [1.165, 1.54) is 5.56 Å². The van der Waals surface area contributed by atoms with Gasteiger partial charge >= 0.3 is 0 Å². The van der Waals surface area contributed by atoms with E-state index in [-0.39, 0.29) is 0 Å². The summed E-state index contributed by atoms with van der Waals surface area (Å²) in [5, 5.41) is 3.38. The fourth-order valence-corrected chi connectivity index (χ4v) is 2.25. The average molecular weight is 271 g/mol. The van der Waals surface area contributed by atoms with Crippen LogP contribution in [-0.2, 0) is 6.54 Å². The molecule has 0 amide bonds. The number of nitrogens with one attached hydrogen (secondary N) is 1. The van der Waals surface area contributed by atoms with Crippen LogP contribution in [0.3, 0.4) is 0 Å². The zero-order valence-electron chi connectivity index (χ0n) is 11.6. The molecule has 0 radical (unpaired) electrons. The number of anilines is 1. The van der Waals surface area contributed by atoms with Crippen molar-refractivity contribution in [2.45, 2.75) is 13.5 Å². The van der Waals surface area contributed by atoms with Gasteiger partial charge in [-0.2, -0.15) is 0 Å². The van der Waals surface area contributed by atoms with Crippen LogP contribution < -0.4 is 19.5 Å². The predicted molar refractivity (Wildman–Crippen MR) is 77.6 cm³/mol. The molecular formula is C16H17NO3. The normalized spacial score (nSPS) is 12.3. The van der Waals surface area contributed by atoms with Crippen LogP contribution in [0, 0.1) is 6.92 Å². The molecule has 0 bridgehead atoms. The Bertz CT molecular complexity index is 625. The molecule has 20 heavy (non-hydrogen) atoms. The second kappa shape index (κ2) is 5.33. The summed E-state index contributed by atoms with van der Waals surface area (Å²) < 4.78 is 16.0. The first kappa shape index (κ1) is 12.7. The Morgan fingerprint density at radius 3 is 2.80 bits per heavy atom. The number of benzene rings is 2. The van der Waals surface area contributed by atoms with Crippen LogP contribution in [0.5, 0.6) is 17.2 Å². The smallest absolute Gasteiger partial charge is 0.231 e. The molecule has 1 N–H and O–H groups in total. The van der Waals surface area contributed by atoms with E-state index in [0.29, 0.717) is 13.3 Å². The molecule has 104 valence electrons. The van der Waals surface area contributed by atoms with Crippen molar-refractivity contribution in [2.24, 2.45) is 0 Å². The van der Waals surface area contributed by atoms with E-state index >= 15 is 0 Å². The van der Waals surface area contributed by atoms with Crippen molar-refractivity contribution in [2.75, 3.05) is 19.2 Å². The van der Waals surface area contributed by atoms with Crippen molar-refractivity contribution in [3.05, 3.63) is 47.5 Å². The minimum atomic E-state index is 0.296. The molecule has 0 atom stereocenters. The molecule has 0 spiro atoms. The molecule has 3 rings (SSSR count). The van der Waals surface area contributed by atoms with E-state index in [1.54, 1.807) is 7.11 Å². The average Bonchev–Trinajstić information content (AvgIpc) is 2.92. The fraction of sp³-hybridized carbons (Fsp3) is 0.250. The minimum absolute atomic E-state index is 0.296. The summed E-state index contributed by atoms with van der Waals surface area (Å²) in [6, 6.07) is 12.0. The third-order valence-electron chi connectivity index (χ3n) is 3.29. The topological polar surface area (TPSA) is 39.7 Å². The molecular weight excluding hydrogens is 254 g/mol. The predicted octanol–water partition coefficient (Wildman–Crippen LogP) is 3.34. The SMILES string of the molecule is COc1ccc(C)cc1CNc1ccc2c(c1)OCO2. The second-order valence-electron chi connectivity index (χ2n) is 4.74. The lowest BCUT2D eigenvalue weighted by atomic mass is 10.1. The highest BCUT2D eigenvalue weighted by atomic mass is 16.7. The Kier molecular flexibility index (Phi) is 3.37. The number of aryl methyl sites for hydroxylation is 1. The number of rotatable bonds is 4. The van der Waals surface area contributed by atoms with Gasteiger partial charge in [-0.05, 0) is 25.1 Å². The van der Waals surface area contributed by atoms with Gasteiger partial charge in [-0.25, -0.2) is 0 Å². The summed E-state index contributed by atoms with van der Waals surface area (Å²) in [5.41, 5.74) is 3.34. The Balaban J connectivity index is 1.75. The van der Waals surface area contributed by atoms with Gasteiger partial charge in [-0.15, -0.1) is 0 Å². The van der Waals surface area contributed by atoms with Gasteiger partial charge in [0.05, 0.1) is 7.11 Å². The molecule has 0 aromatic heterocycles. The second-order valence-corrected chi connectivity index (χ2v) is 4.74. The number of hydrogen-bond donors (Lipinski definition) is 1. The maximum atomic E-state index is 5.38. The number of ether oxygens (including phenoxy) is 3.